The molecular formula is C14H15ClIN3S. The number of nitrogen functional groups attached to an aromatic ring is 1. The van der Waals surface area contributed by atoms with Gasteiger partial charge in [-0.2, -0.15) is 0 Å². The van der Waals surface area contributed by atoms with Crippen molar-refractivity contribution in [1.29, 1.82) is 0 Å². The summed E-state index contributed by atoms with van der Waals surface area (Å²) >= 11 is 9.97. The molecule has 3 nitrogen and oxygen atoms in total. The third-order valence-corrected chi connectivity index (χ3v) is 5.31. The summed E-state index contributed by atoms with van der Waals surface area (Å²) in [7, 11) is 0. The first kappa shape index (κ1) is 15.9. The lowest BCUT2D eigenvalue weighted by molar-refractivity contribution is 0.793. The van der Waals surface area contributed by atoms with E-state index >= 15 is 0 Å². The van der Waals surface area contributed by atoms with Crippen molar-refractivity contribution in [2.45, 2.75) is 30.4 Å². The minimum Gasteiger partial charge on any atom is -0.383 e. The molecule has 106 valence electrons. The van der Waals surface area contributed by atoms with E-state index in [2.05, 4.69) is 46.4 Å². The highest BCUT2D eigenvalue weighted by Gasteiger charge is 2.13. The van der Waals surface area contributed by atoms with Gasteiger partial charge in [0.25, 0.3) is 0 Å². The maximum Gasteiger partial charge on any atom is 0.141 e. The molecule has 0 amide bonds. The summed E-state index contributed by atoms with van der Waals surface area (Å²) in [6.45, 7) is 4.21. The summed E-state index contributed by atoms with van der Waals surface area (Å²) < 4.78 is 0.948. The lowest BCUT2D eigenvalue weighted by atomic mass is 10.1. The molecule has 0 saturated heterocycles. The van der Waals surface area contributed by atoms with Crippen LogP contribution in [0.3, 0.4) is 0 Å². The van der Waals surface area contributed by atoms with Gasteiger partial charge in [-0.15, -0.1) is 11.8 Å². The molecule has 0 bridgehead atoms. The van der Waals surface area contributed by atoms with Crippen molar-refractivity contribution < 1.29 is 0 Å². The van der Waals surface area contributed by atoms with Crippen molar-refractivity contribution >= 4 is 51.8 Å². The molecule has 0 spiro atoms. The van der Waals surface area contributed by atoms with Crippen LogP contribution in [0.15, 0.2) is 29.2 Å². The quantitative estimate of drug-likeness (QED) is 0.575. The number of hydrogen-bond acceptors (Lipinski definition) is 4. The van der Waals surface area contributed by atoms with E-state index in [0.29, 0.717) is 17.5 Å². The van der Waals surface area contributed by atoms with E-state index < -0.39 is 0 Å². The number of thioether (sulfide) groups is 1. The second-order valence-electron chi connectivity index (χ2n) is 4.60. The molecule has 2 N–H and O–H groups in total. The molecule has 1 aromatic heterocycles. The number of hydrogen-bond donors (Lipinski definition) is 1. The number of halogens is 2. The molecule has 1 heterocycles. The Labute approximate surface area is 141 Å². The Morgan fingerprint density at radius 2 is 2.00 bits per heavy atom. The van der Waals surface area contributed by atoms with Crippen molar-refractivity contribution in [3.63, 3.8) is 0 Å². The van der Waals surface area contributed by atoms with E-state index in [1.54, 1.807) is 11.8 Å². The third kappa shape index (κ3) is 3.77. The molecule has 0 unspecified atom stereocenters. The number of aromatic nitrogens is 2. The van der Waals surface area contributed by atoms with Gasteiger partial charge in [0.2, 0.25) is 0 Å². The molecular weight excluding hydrogens is 405 g/mol. The largest absolute Gasteiger partial charge is 0.383 e. The lowest BCUT2D eigenvalue weighted by Crippen LogP contribution is -2.08. The number of anilines is 1. The minimum atomic E-state index is 0.330. The Hall–Kier alpha value is -0.530. The second kappa shape index (κ2) is 6.95. The molecule has 0 aliphatic rings. The first-order valence-electron chi connectivity index (χ1n) is 6.18. The van der Waals surface area contributed by atoms with Crippen LogP contribution in [0, 0.1) is 3.57 Å². The Balaban J connectivity index is 2.20. The van der Waals surface area contributed by atoms with Crippen LogP contribution in [-0.4, -0.2) is 9.97 Å². The highest BCUT2D eigenvalue weighted by atomic mass is 127. The average Bonchev–Trinajstić information content (AvgIpc) is 2.41. The van der Waals surface area contributed by atoms with Crippen LogP contribution in [-0.2, 0) is 5.75 Å². The topological polar surface area (TPSA) is 51.8 Å². The molecule has 2 rings (SSSR count). The van der Waals surface area contributed by atoms with Gasteiger partial charge < -0.3 is 5.73 Å². The zero-order valence-electron chi connectivity index (χ0n) is 11.2. The van der Waals surface area contributed by atoms with Gasteiger partial charge in [-0.3, -0.25) is 0 Å². The number of nitrogens with two attached hydrogens (primary N) is 1. The molecule has 6 heteroatoms. The smallest absolute Gasteiger partial charge is 0.141 e. The third-order valence-electron chi connectivity index (χ3n) is 2.69. The summed E-state index contributed by atoms with van der Waals surface area (Å²) in [5.74, 6) is 2.29. The Morgan fingerprint density at radius 3 is 2.65 bits per heavy atom. The number of nitrogens with zero attached hydrogens (tertiary/aromatic N) is 2. The maximum absolute atomic E-state index is 6.14. The molecule has 0 atom stereocenters. The zero-order chi connectivity index (χ0) is 14.7. The van der Waals surface area contributed by atoms with Gasteiger partial charge in [0.15, 0.2) is 0 Å². The molecule has 0 saturated carbocycles. The molecule has 1 aromatic carbocycles. The van der Waals surface area contributed by atoms with E-state index in [-0.39, 0.29) is 0 Å². The molecule has 0 aliphatic heterocycles. The predicted octanol–water partition coefficient (Wildman–Crippen LogP) is 4.73. The summed E-state index contributed by atoms with van der Waals surface area (Å²) in [4.78, 5) is 10.00. The van der Waals surface area contributed by atoms with Gasteiger partial charge in [-0.1, -0.05) is 37.6 Å². The monoisotopic (exact) mass is 419 g/mol. The molecule has 0 aliphatic carbocycles. The minimum absolute atomic E-state index is 0.330. The van der Waals surface area contributed by atoms with E-state index in [9.17, 15) is 0 Å². The first-order valence-corrected chi connectivity index (χ1v) is 8.62. The SMILES string of the molecule is CC(C)c1nc(CSc2ccccc2Cl)nc(N)c1I. The number of benzene rings is 1. The highest BCUT2D eigenvalue weighted by molar-refractivity contribution is 14.1. The van der Waals surface area contributed by atoms with Gasteiger partial charge in [0, 0.05) is 4.90 Å². The van der Waals surface area contributed by atoms with E-state index in [1.807, 2.05) is 24.3 Å². The predicted molar refractivity (Wildman–Crippen MR) is 94.3 cm³/mol. The first-order chi connectivity index (χ1) is 9.49. The van der Waals surface area contributed by atoms with Crippen molar-refractivity contribution in [3.05, 3.63) is 44.4 Å². The van der Waals surface area contributed by atoms with Crippen LogP contribution in [0.2, 0.25) is 5.02 Å². The lowest BCUT2D eigenvalue weighted by Gasteiger charge is -2.11. The van der Waals surface area contributed by atoms with Crippen molar-refractivity contribution in [1.82, 2.24) is 9.97 Å². The van der Waals surface area contributed by atoms with Gasteiger partial charge in [0.05, 0.1) is 20.0 Å². The van der Waals surface area contributed by atoms with Gasteiger partial charge in [-0.05, 0) is 40.6 Å². The van der Waals surface area contributed by atoms with Gasteiger partial charge >= 0.3 is 0 Å². The summed E-state index contributed by atoms with van der Waals surface area (Å²) in [5.41, 5.74) is 6.97. The standard InChI is InChI=1S/C14H15ClIN3S/c1-8(2)13-12(16)14(17)19-11(18-13)7-20-10-6-4-3-5-9(10)15/h3-6,8H,7H2,1-2H3,(H2,17,18,19). The second-order valence-corrected chi connectivity index (χ2v) is 7.10. The molecule has 20 heavy (non-hydrogen) atoms. The van der Waals surface area contributed by atoms with Crippen LogP contribution < -0.4 is 5.73 Å². The van der Waals surface area contributed by atoms with Crippen LogP contribution in [0.5, 0.6) is 0 Å². The van der Waals surface area contributed by atoms with Crippen molar-refractivity contribution in [3.8, 4) is 0 Å². The number of rotatable bonds is 4. The van der Waals surface area contributed by atoms with Crippen molar-refractivity contribution in [2.75, 3.05) is 5.73 Å². The average molecular weight is 420 g/mol. The maximum atomic E-state index is 6.14. The molecule has 0 radical (unpaired) electrons. The summed E-state index contributed by atoms with van der Waals surface area (Å²) in [6, 6.07) is 7.76. The fourth-order valence-corrected chi connectivity index (χ4v) is 3.64. The van der Waals surface area contributed by atoms with E-state index in [0.717, 1.165) is 25.0 Å². The van der Waals surface area contributed by atoms with E-state index in [1.165, 1.54) is 0 Å². The Bertz CT molecular complexity index is 619. The van der Waals surface area contributed by atoms with E-state index in [4.69, 9.17) is 17.3 Å². The van der Waals surface area contributed by atoms with Gasteiger partial charge in [0.1, 0.15) is 11.6 Å². The highest BCUT2D eigenvalue weighted by Crippen LogP contribution is 2.30. The normalized spacial score (nSPS) is 11.1. The van der Waals surface area contributed by atoms with Crippen LogP contribution in [0.25, 0.3) is 0 Å². The molecule has 0 fully saturated rings. The van der Waals surface area contributed by atoms with Crippen molar-refractivity contribution in [2.24, 2.45) is 0 Å². The van der Waals surface area contributed by atoms with Gasteiger partial charge in [-0.25, -0.2) is 9.97 Å². The van der Waals surface area contributed by atoms with Crippen LogP contribution >= 0.6 is 46.0 Å². The zero-order valence-corrected chi connectivity index (χ0v) is 15.0. The molecule has 2 aromatic rings. The van der Waals surface area contributed by atoms with Crippen LogP contribution in [0.1, 0.15) is 31.3 Å². The summed E-state index contributed by atoms with van der Waals surface area (Å²) in [6.07, 6.45) is 0. The fraction of sp³-hybridized carbons (Fsp3) is 0.286. The Morgan fingerprint density at radius 1 is 1.30 bits per heavy atom. The Kier molecular flexibility index (Phi) is 5.51. The van der Waals surface area contributed by atoms with Crippen LogP contribution in [0.4, 0.5) is 5.82 Å². The fourth-order valence-electron chi connectivity index (χ4n) is 1.68. The summed E-state index contributed by atoms with van der Waals surface area (Å²) in [5, 5.41) is 0.750.